The second-order valence-corrected chi connectivity index (χ2v) is 5.92. The van der Waals surface area contributed by atoms with Crippen LogP contribution in [0.2, 0.25) is 0 Å². The number of benzene rings is 1. The summed E-state index contributed by atoms with van der Waals surface area (Å²) in [5.41, 5.74) is 1.28. The Bertz CT molecular complexity index is 528. The third-order valence-electron chi connectivity index (χ3n) is 3.96. The molecule has 2 N–H and O–H groups in total. The number of anilines is 2. The van der Waals surface area contributed by atoms with Crippen LogP contribution in [0.4, 0.5) is 15.8 Å². The number of hydrogen-bond donors (Lipinski definition) is 2. The van der Waals surface area contributed by atoms with Gasteiger partial charge in [0.2, 0.25) is 5.91 Å². The topological polar surface area (TPSA) is 53.6 Å². The normalized spacial score (nSPS) is 18.3. The number of rotatable bonds is 6. The molecule has 1 amide bonds. The lowest BCUT2D eigenvalue weighted by atomic mass is 10.2. The zero-order valence-electron chi connectivity index (χ0n) is 12.6. The fraction of sp³-hybridized carbons (Fsp3) is 0.562. The molecule has 1 aliphatic carbocycles. The zero-order chi connectivity index (χ0) is 15.4. The second kappa shape index (κ2) is 7.07. The predicted molar refractivity (Wildman–Crippen MR) is 83.7 cm³/mol. The van der Waals surface area contributed by atoms with Crippen molar-refractivity contribution in [2.24, 2.45) is 5.92 Å². The molecule has 2 aliphatic rings. The molecule has 2 fully saturated rings. The molecule has 1 heterocycles. The van der Waals surface area contributed by atoms with Crippen molar-refractivity contribution in [2.45, 2.75) is 12.8 Å². The van der Waals surface area contributed by atoms with Crippen LogP contribution in [0.5, 0.6) is 0 Å². The van der Waals surface area contributed by atoms with E-state index in [1.807, 2.05) is 6.07 Å². The molecule has 5 nitrogen and oxygen atoms in total. The molecule has 1 saturated carbocycles. The molecule has 0 aromatic heterocycles. The van der Waals surface area contributed by atoms with Crippen LogP contribution in [0.1, 0.15) is 12.8 Å². The molecule has 0 radical (unpaired) electrons. The Balaban J connectivity index is 1.57. The molecular weight excluding hydrogens is 285 g/mol. The van der Waals surface area contributed by atoms with Gasteiger partial charge in [-0.15, -0.1) is 0 Å². The number of hydrogen-bond acceptors (Lipinski definition) is 4. The number of ether oxygens (including phenoxy) is 1. The third-order valence-corrected chi connectivity index (χ3v) is 3.96. The van der Waals surface area contributed by atoms with Gasteiger partial charge < -0.3 is 20.3 Å². The molecule has 1 aromatic carbocycles. The van der Waals surface area contributed by atoms with Crippen LogP contribution in [0.25, 0.3) is 0 Å². The van der Waals surface area contributed by atoms with Crippen molar-refractivity contribution in [3.8, 4) is 0 Å². The van der Waals surface area contributed by atoms with Crippen LogP contribution in [0.15, 0.2) is 18.2 Å². The van der Waals surface area contributed by atoms with Gasteiger partial charge in [0, 0.05) is 24.5 Å². The maximum atomic E-state index is 13.8. The molecule has 1 aliphatic heterocycles. The maximum Gasteiger partial charge on any atom is 0.238 e. The number of nitrogens with one attached hydrogen (secondary N) is 2. The highest BCUT2D eigenvalue weighted by Crippen LogP contribution is 2.27. The Morgan fingerprint density at radius 3 is 2.77 bits per heavy atom. The van der Waals surface area contributed by atoms with Crippen molar-refractivity contribution < 1.29 is 13.9 Å². The lowest BCUT2D eigenvalue weighted by Gasteiger charge is -2.29. The fourth-order valence-electron chi connectivity index (χ4n) is 2.57. The molecule has 22 heavy (non-hydrogen) atoms. The molecule has 0 spiro atoms. The van der Waals surface area contributed by atoms with Crippen molar-refractivity contribution in [2.75, 3.05) is 49.6 Å². The van der Waals surface area contributed by atoms with E-state index in [0.717, 1.165) is 31.2 Å². The second-order valence-electron chi connectivity index (χ2n) is 5.92. The number of nitrogens with zero attached hydrogens (tertiary/aromatic N) is 1. The first-order valence-electron chi connectivity index (χ1n) is 7.84. The zero-order valence-corrected chi connectivity index (χ0v) is 12.6. The Labute approximate surface area is 129 Å². The predicted octanol–water partition coefficient (Wildman–Crippen LogP) is 1.60. The van der Waals surface area contributed by atoms with Gasteiger partial charge in [-0.1, -0.05) is 0 Å². The smallest absolute Gasteiger partial charge is 0.238 e. The molecule has 6 heteroatoms. The Hall–Kier alpha value is -1.66. The van der Waals surface area contributed by atoms with E-state index in [0.29, 0.717) is 18.9 Å². The number of amides is 1. The summed E-state index contributed by atoms with van der Waals surface area (Å²) >= 11 is 0. The lowest BCUT2D eigenvalue weighted by Crippen LogP contribution is -2.36. The van der Waals surface area contributed by atoms with Gasteiger partial charge in [-0.3, -0.25) is 4.79 Å². The van der Waals surface area contributed by atoms with Gasteiger partial charge in [0.25, 0.3) is 0 Å². The van der Waals surface area contributed by atoms with E-state index in [9.17, 15) is 9.18 Å². The first-order chi connectivity index (χ1) is 10.7. The van der Waals surface area contributed by atoms with Crippen LogP contribution in [-0.4, -0.2) is 45.3 Å². The first-order valence-corrected chi connectivity index (χ1v) is 7.84. The van der Waals surface area contributed by atoms with Crippen LogP contribution in [-0.2, 0) is 9.53 Å². The summed E-state index contributed by atoms with van der Waals surface area (Å²) in [4.78, 5) is 13.9. The van der Waals surface area contributed by atoms with Gasteiger partial charge in [0.05, 0.1) is 19.8 Å². The van der Waals surface area contributed by atoms with E-state index >= 15 is 0 Å². The summed E-state index contributed by atoms with van der Waals surface area (Å²) in [5, 5.41) is 5.88. The number of morpholine rings is 1. The van der Waals surface area contributed by atoms with Crippen LogP contribution >= 0.6 is 0 Å². The minimum Gasteiger partial charge on any atom is -0.378 e. The van der Waals surface area contributed by atoms with E-state index < -0.39 is 0 Å². The summed E-state index contributed by atoms with van der Waals surface area (Å²) in [7, 11) is 0. The highest BCUT2D eigenvalue weighted by atomic mass is 19.1. The van der Waals surface area contributed by atoms with Gasteiger partial charge in [0.15, 0.2) is 0 Å². The standard InChI is InChI=1S/C16H22FN3O2/c17-13-7-14(19-16(21)11-18-10-12-1-2-12)9-15(8-13)20-3-5-22-6-4-20/h7-9,12,18H,1-6,10-11H2,(H,19,21). The quantitative estimate of drug-likeness (QED) is 0.838. The molecule has 0 atom stereocenters. The highest BCUT2D eigenvalue weighted by molar-refractivity contribution is 5.92. The van der Waals surface area contributed by atoms with E-state index in [4.69, 9.17) is 4.74 Å². The van der Waals surface area contributed by atoms with Gasteiger partial charge in [-0.25, -0.2) is 4.39 Å². The van der Waals surface area contributed by atoms with Crippen molar-refractivity contribution in [1.82, 2.24) is 5.32 Å². The molecule has 1 aromatic rings. The van der Waals surface area contributed by atoms with E-state index in [-0.39, 0.29) is 18.3 Å². The molecule has 120 valence electrons. The maximum absolute atomic E-state index is 13.8. The summed E-state index contributed by atoms with van der Waals surface area (Å²) in [6.45, 7) is 3.90. The van der Waals surface area contributed by atoms with Gasteiger partial charge in [-0.05, 0) is 43.5 Å². The average Bonchev–Trinajstić information content (AvgIpc) is 3.32. The van der Waals surface area contributed by atoms with Gasteiger partial charge in [-0.2, -0.15) is 0 Å². The van der Waals surface area contributed by atoms with Gasteiger partial charge >= 0.3 is 0 Å². The van der Waals surface area contributed by atoms with Crippen LogP contribution in [0.3, 0.4) is 0 Å². The van der Waals surface area contributed by atoms with E-state index in [1.54, 1.807) is 0 Å². The fourth-order valence-corrected chi connectivity index (χ4v) is 2.57. The van der Waals surface area contributed by atoms with Crippen molar-refractivity contribution >= 4 is 17.3 Å². The van der Waals surface area contributed by atoms with Gasteiger partial charge in [0.1, 0.15) is 5.82 Å². The average molecular weight is 307 g/mol. The largest absolute Gasteiger partial charge is 0.378 e. The van der Waals surface area contributed by atoms with Crippen molar-refractivity contribution in [3.05, 3.63) is 24.0 Å². The third kappa shape index (κ3) is 4.42. The summed E-state index contributed by atoms with van der Waals surface area (Å²) in [5.74, 6) is 0.249. The minimum atomic E-state index is -0.342. The minimum absolute atomic E-state index is 0.140. The summed E-state index contributed by atoms with van der Waals surface area (Å²) in [6.07, 6.45) is 2.50. The van der Waals surface area contributed by atoms with E-state index in [2.05, 4.69) is 15.5 Å². The number of carbonyl (C=O) groups is 1. The summed E-state index contributed by atoms with van der Waals surface area (Å²) < 4.78 is 19.1. The molecule has 0 unspecified atom stereocenters. The van der Waals surface area contributed by atoms with Crippen LogP contribution in [0, 0.1) is 11.7 Å². The SMILES string of the molecule is O=C(CNCC1CC1)Nc1cc(F)cc(N2CCOCC2)c1. The summed E-state index contributed by atoms with van der Waals surface area (Å²) in [6, 6.07) is 4.66. The highest BCUT2D eigenvalue weighted by Gasteiger charge is 2.20. The molecule has 0 bridgehead atoms. The van der Waals surface area contributed by atoms with Crippen LogP contribution < -0.4 is 15.5 Å². The number of halogens is 1. The Morgan fingerprint density at radius 1 is 1.27 bits per heavy atom. The Morgan fingerprint density at radius 2 is 2.05 bits per heavy atom. The lowest BCUT2D eigenvalue weighted by molar-refractivity contribution is -0.115. The monoisotopic (exact) mass is 307 g/mol. The molecular formula is C16H22FN3O2. The number of carbonyl (C=O) groups excluding carboxylic acids is 1. The first kappa shape index (κ1) is 15.2. The van der Waals surface area contributed by atoms with Crippen molar-refractivity contribution in [3.63, 3.8) is 0 Å². The van der Waals surface area contributed by atoms with Crippen molar-refractivity contribution in [1.29, 1.82) is 0 Å². The molecule has 3 rings (SSSR count). The molecule has 1 saturated heterocycles. The van der Waals surface area contributed by atoms with E-state index in [1.165, 1.54) is 25.0 Å². The Kier molecular flexibility index (Phi) is 4.90.